The first-order valence-electron chi connectivity index (χ1n) is 8.55. The van der Waals surface area contributed by atoms with E-state index >= 15 is 0 Å². The van der Waals surface area contributed by atoms with Crippen molar-refractivity contribution >= 4 is 27.2 Å². The molecule has 2 aromatic heterocycles. The lowest BCUT2D eigenvalue weighted by molar-refractivity contribution is -0.0436. The first-order valence-corrected chi connectivity index (χ1v) is 10.4. The first kappa shape index (κ1) is 21.9. The number of pyridine rings is 1. The number of rotatable bonds is 7. The first-order chi connectivity index (χ1) is 14.1. The molecule has 0 saturated carbocycles. The predicted molar refractivity (Wildman–Crippen MR) is 101 cm³/mol. The van der Waals surface area contributed by atoms with Crippen LogP contribution in [0.2, 0.25) is 5.02 Å². The van der Waals surface area contributed by atoms with Crippen molar-refractivity contribution in [1.29, 1.82) is 0 Å². The Hall–Kier alpha value is -2.79. The fourth-order valence-electron chi connectivity index (χ4n) is 2.67. The lowest BCUT2D eigenvalue weighted by atomic mass is 10.1. The summed E-state index contributed by atoms with van der Waals surface area (Å²) in [5, 5.41) is 3.80. The van der Waals surface area contributed by atoms with Crippen molar-refractivity contribution in [3.63, 3.8) is 0 Å². The number of aryl methyl sites for hydroxylation is 1. The average Bonchev–Trinajstić information content (AvgIpc) is 3.15. The predicted octanol–water partition coefficient (Wildman–Crippen LogP) is 3.81. The van der Waals surface area contributed by atoms with Gasteiger partial charge in [-0.15, -0.1) is 0 Å². The van der Waals surface area contributed by atoms with Crippen molar-refractivity contribution in [3.05, 3.63) is 65.3 Å². The van der Waals surface area contributed by atoms with Crippen LogP contribution in [-0.4, -0.2) is 39.5 Å². The summed E-state index contributed by atoms with van der Waals surface area (Å²) in [4.78, 5) is 19.6. The molecule has 7 nitrogen and oxygen atoms in total. The number of nitrogens with zero attached hydrogens (tertiary/aromatic N) is 4. The van der Waals surface area contributed by atoms with Gasteiger partial charge in [-0.3, -0.25) is 4.79 Å². The summed E-state index contributed by atoms with van der Waals surface area (Å²) in [7, 11) is -5.61. The minimum atomic E-state index is -5.61. The molecule has 0 saturated heterocycles. The Morgan fingerprint density at radius 1 is 1.13 bits per heavy atom. The van der Waals surface area contributed by atoms with Crippen LogP contribution in [0.1, 0.15) is 29.0 Å². The Labute approximate surface area is 174 Å². The van der Waals surface area contributed by atoms with Crippen LogP contribution in [0.25, 0.3) is 5.82 Å². The highest BCUT2D eigenvalue weighted by molar-refractivity contribution is 7.92. The molecule has 0 aliphatic rings. The standard InChI is InChI=1S/C18H14ClF3N4O3S/c19-13-8-12(9-14(10-13)30(28,29)18(20,21)22)15(27)4-3-6-17-24-11-25-26(17)16-5-1-2-7-23-16/h1-2,5,7-11H,3-4,6H2. The summed E-state index contributed by atoms with van der Waals surface area (Å²) in [6.07, 6.45) is 3.53. The van der Waals surface area contributed by atoms with Crippen LogP contribution in [0, 0.1) is 0 Å². The quantitative estimate of drug-likeness (QED) is 0.499. The Kier molecular flexibility index (Phi) is 6.22. The third kappa shape index (κ3) is 4.68. The molecular formula is C18H14ClF3N4O3S. The van der Waals surface area contributed by atoms with Crippen LogP contribution in [-0.2, 0) is 16.3 Å². The van der Waals surface area contributed by atoms with Crippen molar-refractivity contribution in [2.45, 2.75) is 29.7 Å². The summed E-state index contributed by atoms with van der Waals surface area (Å²) in [6.45, 7) is 0. The number of hydrogen-bond acceptors (Lipinski definition) is 6. The molecule has 0 bridgehead atoms. The van der Waals surface area contributed by atoms with Gasteiger partial charge in [0, 0.05) is 29.6 Å². The molecule has 1 aromatic carbocycles. The van der Waals surface area contributed by atoms with Crippen LogP contribution in [0.4, 0.5) is 13.2 Å². The van der Waals surface area contributed by atoms with Gasteiger partial charge >= 0.3 is 5.51 Å². The van der Waals surface area contributed by atoms with Crippen LogP contribution in [0.15, 0.2) is 53.8 Å². The molecule has 0 amide bonds. The SMILES string of the molecule is O=C(CCCc1ncnn1-c1ccccn1)c1cc(Cl)cc(S(=O)(=O)C(F)(F)F)c1. The molecule has 0 radical (unpaired) electrons. The van der Waals surface area contributed by atoms with Gasteiger partial charge in [0.1, 0.15) is 12.2 Å². The van der Waals surface area contributed by atoms with Gasteiger partial charge in [0.2, 0.25) is 0 Å². The minimum absolute atomic E-state index is 0.0546. The molecule has 158 valence electrons. The van der Waals surface area contributed by atoms with Gasteiger partial charge in [-0.2, -0.15) is 23.0 Å². The van der Waals surface area contributed by atoms with Gasteiger partial charge in [0.25, 0.3) is 9.84 Å². The summed E-state index contributed by atoms with van der Waals surface area (Å²) >= 11 is 5.74. The molecular weight excluding hydrogens is 445 g/mol. The fraction of sp³-hybridized carbons (Fsp3) is 0.222. The van der Waals surface area contributed by atoms with Crippen LogP contribution in [0.3, 0.4) is 0 Å². The molecule has 0 spiro atoms. The maximum absolute atomic E-state index is 12.8. The summed E-state index contributed by atoms with van der Waals surface area (Å²) in [5.74, 6) is 0.557. The number of Topliss-reactive ketones (excluding diaryl/α,β-unsaturated/α-hetero) is 1. The van der Waals surface area contributed by atoms with Crippen molar-refractivity contribution in [3.8, 4) is 5.82 Å². The molecule has 0 fully saturated rings. The number of sulfone groups is 1. The highest BCUT2D eigenvalue weighted by atomic mass is 35.5. The summed E-state index contributed by atoms with van der Waals surface area (Å²) < 4.78 is 63.1. The highest BCUT2D eigenvalue weighted by Crippen LogP contribution is 2.32. The molecule has 12 heteroatoms. The lowest BCUT2D eigenvalue weighted by Crippen LogP contribution is -2.23. The second-order valence-electron chi connectivity index (χ2n) is 6.18. The number of alkyl halides is 3. The maximum Gasteiger partial charge on any atom is 0.501 e. The van der Waals surface area contributed by atoms with Gasteiger partial charge in [-0.25, -0.2) is 18.4 Å². The Balaban J connectivity index is 1.72. The van der Waals surface area contributed by atoms with E-state index in [-0.39, 0.29) is 17.0 Å². The van der Waals surface area contributed by atoms with E-state index in [1.54, 1.807) is 24.4 Å². The molecule has 0 aliphatic heterocycles. The molecule has 0 aliphatic carbocycles. The van der Waals surface area contributed by atoms with E-state index in [2.05, 4.69) is 15.1 Å². The number of halogens is 4. The number of carbonyl (C=O) groups is 1. The van der Waals surface area contributed by atoms with Crippen LogP contribution >= 0.6 is 11.6 Å². The van der Waals surface area contributed by atoms with E-state index in [0.29, 0.717) is 36.6 Å². The number of ketones is 1. The van der Waals surface area contributed by atoms with Crippen molar-refractivity contribution < 1.29 is 26.4 Å². The molecule has 0 atom stereocenters. The monoisotopic (exact) mass is 458 g/mol. The fourth-order valence-corrected chi connectivity index (χ4v) is 3.80. The molecule has 3 aromatic rings. The minimum Gasteiger partial charge on any atom is -0.294 e. The zero-order chi connectivity index (χ0) is 21.9. The third-order valence-corrected chi connectivity index (χ3v) is 5.78. The third-order valence-electron chi connectivity index (χ3n) is 4.10. The van der Waals surface area contributed by atoms with Gasteiger partial charge in [-0.05, 0) is 36.8 Å². The van der Waals surface area contributed by atoms with Crippen LogP contribution in [0.5, 0.6) is 0 Å². The Morgan fingerprint density at radius 2 is 1.90 bits per heavy atom. The average molecular weight is 459 g/mol. The normalized spacial score (nSPS) is 12.1. The second-order valence-corrected chi connectivity index (χ2v) is 8.56. The molecule has 3 rings (SSSR count). The largest absolute Gasteiger partial charge is 0.501 e. The highest BCUT2D eigenvalue weighted by Gasteiger charge is 2.47. The van der Waals surface area contributed by atoms with Crippen LogP contribution < -0.4 is 0 Å². The van der Waals surface area contributed by atoms with Crippen molar-refractivity contribution in [1.82, 2.24) is 19.7 Å². The van der Waals surface area contributed by atoms with Crippen molar-refractivity contribution in [2.24, 2.45) is 0 Å². The second kappa shape index (κ2) is 8.52. The topological polar surface area (TPSA) is 94.8 Å². The van der Waals surface area contributed by atoms with Gasteiger partial charge in [0.05, 0.1) is 4.90 Å². The number of hydrogen-bond donors (Lipinski definition) is 0. The smallest absolute Gasteiger partial charge is 0.294 e. The van der Waals surface area contributed by atoms with E-state index in [1.807, 2.05) is 0 Å². The number of aromatic nitrogens is 4. The number of carbonyl (C=O) groups excluding carboxylic acids is 1. The maximum atomic E-state index is 12.8. The van der Waals surface area contributed by atoms with E-state index in [0.717, 1.165) is 6.07 Å². The van der Waals surface area contributed by atoms with Gasteiger partial charge in [-0.1, -0.05) is 17.7 Å². The lowest BCUT2D eigenvalue weighted by Gasteiger charge is -2.10. The molecule has 0 unspecified atom stereocenters. The summed E-state index contributed by atoms with van der Waals surface area (Å²) in [6, 6.07) is 7.75. The zero-order valence-electron chi connectivity index (χ0n) is 15.2. The molecule has 30 heavy (non-hydrogen) atoms. The van der Waals surface area contributed by atoms with Crippen molar-refractivity contribution in [2.75, 3.05) is 0 Å². The molecule has 2 heterocycles. The van der Waals surface area contributed by atoms with E-state index in [1.165, 1.54) is 11.0 Å². The molecule has 0 N–H and O–H groups in total. The Bertz CT molecular complexity index is 1160. The zero-order valence-corrected chi connectivity index (χ0v) is 16.7. The van der Waals surface area contributed by atoms with E-state index in [9.17, 15) is 26.4 Å². The van der Waals surface area contributed by atoms with E-state index in [4.69, 9.17) is 11.6 Å². The van der Waals surface area contributed by atoms with Gasteiger partial charge < -0.3 is 0 Å². The van der Waals surface area contributed by atoms with Gasteiger partial charge in [0.15, 0.2) is 11.6 Å². The Morgan fingerprint density at radius 3 is 2.57 bits per heavy atom. The number of benzene rings is 1. The summed E-state index contributed by atoms with van der Waals surface area (Å²) in [5.41, 5.74) is -5.70. The van der Waals surface area contributed by atoms with E-state index < -0.39 is 26.0 Å².